The van der Waals surface area contributed by atoms with Gasteiger partial charge < -0.3 is 10.5 Å². The first-order valence-corrected chi connectivity index (χ1v) is 7.65. The number of nitrogens with zero attached hydrogens (tertiary/aromatic N) is 1. The summed E-state index contributed by atoms with van der Waals surface area (Å²) < 4.78 is 5.65. The zero-order valence-corrected chi connectivity index (χ0v) is 13.0. The third-order valence-electron chi connectivity index (χ3n) is 3.37. The van der Waals surface area contributed by atoms with Gasteiger partial charge in [0.2, 0.25) is 0 Å². The second kappa shape index (κ2) is 8.01. The van der Waals surface area contributed by atoms with Crippen molar-refractivity contribution in [3.8, 4) is 5.75 Å². The Hall–Kier alpha value is -1.58. The Labute approximate surface area is 131 Å². The van der Waals surface area contributed by atoms with Gasteiger partial charge in [0.15, 0.2) is 0 Å². The Bertz CT molecular complexity index is 557. The van der Waals surface area contributed by atoms with Crippen molar-refractivity contribution in [2.75, 3.05) is 6.61 Å². The molecule has 0 radical (unpaired) electrons. The van der Waals surface area contributed by atoms with E-state index in [2.05, 4.69) is 11.9 Å². The SMILES string of the molecule is CCCCOc1ccc(C(N)Cc2ccncc2Cl)cc1. The topological polar surface area (TPSA) is 48.1 Å². The summed E-state index contributed by atoms with van der Waals surface area (Å²) in [5, 5.41) is 0.660. The number of unbranched alkanes of at least 4 members (excludes halogenated alkanes) is 1. The second-order valence-corrected chi connectivity index (χ2v) is 5.46. The third kappa shape index (κ3) is 4.73. The van der Waals surface area contributed by atoms with Crippen LogP contribution in [0.2, 0.25) is 5.02 Å². The van der Waals surface area contributed by atoms with Gasteiger partial charge in [-0.05, 0) is 42.2 Å². The second-order valence-electron chi connectivity index (χ2n) is 5.05. The maximum atomic E-state index is 6.25. The molecule has 0 aliphatic carbocycles. The van der Waals surface area contributed by atoms with E-state index in [1.807, 2.05) is 30.3 Å². The number of pyridine rings is 1. The van der Waals surface area contributed by atoms with E-state index in [9.17, 15) is 0 Å². The standard InChI is InChI=1S/C17H21ClN2O/c1-2-3-10-21-15-6-4-13(5-7-15)17(19)11-14-8-9-20-12-16(14)18/h4-9,12,17H,2-3,10-11,19H2,1H3. The first-order chi connectivity index (χ1) is 10.2. The molecule has 2 N–H and O–H groups in total. The number of nitrogens with two attached hydrogens (primary N) is 1. The predicted octanol–water partition coefficient (Wildman–Crippen LogP) is 4.16. The van der Waals surface area contributed by atoms with Gasteiger partial charge in [0, 0.05) is 18.4 Å². The Morgan fingerprint density at radius 1 is 1.24 bits per heavy atom. The maximum absolute atomic E-state index is 6.25. The molecule has 0 saturated carbocycles. The minimum absolute atomic E-state index is 0.0883. The van der Waals surface area contributed by atoms with Crippen molar-refractivity contribution in [2.24, 2.45) is 5.73 Å². The van der Waals surface area contributed by atoms with E-state index < -0.39 is 0 Å². The van der Waals surface area contributed by atoms with Crippen molar-refractivity contribution in [2.45, 2.75) is 32.2 Å². The van der Waals surface area contributed by atoms with Crippen LogP contribution in [0.3, 0.4) is 0 Å². The average molecular weight is 305 g/mol. The number of hydrogen-bond donors (Lipinski definition) is 1. The monoisotopic (exact) mass is 304 g/mol. The molecule has 2 aromatic rings. The van der Waals surface area contributed by atoms with Gasteiger partial charge in [0.05, 0.1) is 11.6 Å². The smallest absolute Gasteiger partial charge is 0.119 e. The van der Waals surface area contributed by atoms with Gasteiger partial charge in [-0.15, -0.1) is 0 Å². The highest BCUT2D eigenvalue weighted by atomic mass is 35.5. The molecule has 21 heavy (non-hydrogen) atoms. The highest BCUT2D eigenvalue weighted by molar-refractivity contribution is 6.31. The number of halogens is 1. The molecule has 1 atom stereocenters. The van der Waals surface area contributed by atoms with E-state index in [1.54, 1.807) is 12.4 Å². The first kappa shape index (κ1) is 15.8. The van der Waals surface area contributed by atoms with E-state index in [0.717, 1.165) is 36.3 Å². The molecule has 0 fully saturated rings. The molecular formula is C17H21ClN2O. The molecule has 1 aromatic heterocycles. The predicted molar refractivity (Wildman–Crippen MR) is 86.7 cm³/mol. The molecule has 0 saturated heterocycles. The largest absolute Gasteiger partial charge is 0.494 e. The van der Waals surface area contributed by atoms with Gasteiger partial charge >= 0.3 is 0 Å². The number of hydrogen-bond acceptors (Lipinski definition) is 3. The van der Waals surface area contributed by atoms with Crippen molar-refractivity contribution in [3.05, 3.63) is 58.9 Å². The van der Waals surface area contributed by atoms with Gasteiger partial charge in [0.25, 0.3) is 0 Å². The minimum atomic E-state index is -0.0883. The van der Waals surface area contributed by atoms with E-state index in [1.165, 1.54) is 0 Å². The Morgan fingerprint density at radius 3 is 2.67 bits per heavy atom. The van der Waals surface area contributed by atoms with E-state index in [-0.39, 0.29) is 6.04 Å². The average Bonchev–Trinajstić information content (AvgIpc) is 2.50. The van der Waals surface area contributed by atoms with Crippen LogP contribution >= 0.6 is 11.6 Å². The highest BCUT2D eigenvalue weighted by Gasteiger charge is 2.09. The van der Waals surface area contributed by atoms with Crippen LogP contribution in [0.25, 0.3) is 0 Å². The molecule has 1 heterocycles. The van der Waals surface area contributed by atoms with Crippen LogP contribution in [0.1, 0.15) is 36.9 Å². The van der Waals surface area contributed by atoms with Crippen LogP contribution in [0, 0.1) is 0 Å². The van der Waals surface area contributed by atoms with Crippen LogP contribution in [-0.2, 0) is 6.42 Å². The lowest BCUT2D eigenvalue weighted by molar-refractivity contribution is 0.309. The van der Waals surface area contributed by atoms with Gasteiger partial charge in [0.1, 0.15) is 5.75 Å². The Morgan fingerprint density at radius 2 is 2.00 bits per heavy atom. The first-order valence-electron chi connectivity index (χ1n) is 7.27. The molecule has 0 aliphatic heterocycles. The summed E-state index contributed by atoms with van der Waals surface area (Å²) in [6, 6.07) is 9.79. The summed E-state index contributed by atoms with van der Waals surface area (Å²) >= 11 is 6.11. The number of benzene rings is 1. The van der Waals surface area contributed by atoms with E-state index >= 15 is 0 Å². The lowest BCUT2D eigenvalue weighted by Gasteiger charge is -2.14. The molecule has 0 bridgehead atoms. The molecule has 0 aliphatic rings. The molecule has 1 unspecified atom stereocenters. The quantitative estimate of drug-likeness (QED) is 0.781. The number of ether oxygens (including phenoxy) is 1. The molecule has 0 spiro atoms. The van der Waals surface area contributed by atoms with E-state index in [0.29, 0.717) is 11.4 Å². The highest BCUT2D eigenvalue weighted by Crippen LogP contribution is 2.23. The zero-order valence-electron chi connectivity index (χ0n) is 12.3. The number of rotatable bonds is 7. The third-order valence-corrected chi connectivity index (χ3v) is 3.71. The summed E-state index contributed by atoms with van der Waals surface area (Å²) in [4.78, 5) is 3.98. The lowest BCUT2D eigenvalue weighted by Crippen LogP contribution is -2.13. The molecular weight excluding hydrogens is 284 g/mol. The van der Waals surface area contributed by atoms with Crippen LogP contribution in [-0.4, -0.2) is 11.6 Å². The van der Waals surface area contributed by atoms with Crippen LogP contribution in [0.4, 0.5) is 0 Å². The minimum Gasteiger partial charge on any atom is -0.494 e. The summed E-state index contributed by atoms with van der Waals surface area (Å²) in [5.74, 6) is 0.890. The Kier molecular flexibility index (Phi) is 6.03. The van der Waals surface area contributed by atoms with Crippen molar-refractivity contribution in [1.82, 2.24) is 4.98 Å². The van der Waals surface area contributed by atoms with Crippen LogP contribution < -0.4 is 10.5 Å². The molecule has 1 aromatic carbocycles. The molecule has 112 valence electrons. The summed E-state index contributed by atoms with van der Waals surface area (Å²) in [6.45, 7) is 2.91. The van der Waals surface area contributed by atoms with Crippen molar-refractivity contribution in [1.29, 1.82) is 0 Å². The molecule has 3 nitrogen and oxygen atoms in total. The van der Waals surface area contributed by atoms with Crippen LogP contribution in [0.15, 0.2) is 42.7 Å². The molecule has 0 amide bonds. The van der Waals surface area contributed by atoms with Gasteiger partial charge in [-0.25, -0.2) is 0 Å². The fourth-order valence-electron chi connectivity index (χ4n) is 2.07. The van der Waals surface area contributed by atoms with Gasteiger partial charge in [-0.3, -0.25) is 4.98 Å². The Balaban J connectivity index is 1.96. The lowest BCUT2D eigenvalue weighted by atomic mass is 10.0. The van der Waals surface area contributed by atoms with Crippen molar-refractivity contribution >= 4 is 11.6 Å². The number of aromatic nitrogens is 1. The fourth-order valence-corrected chi connectivity index (χ4v) is 2.27. The van der Waals surface area contributed by atoms with Crippen molar-refractivity contribution in [3.63, 3.8) is 0 Å². The summed E-state index contributed by atoms with van der Waals surface area (Å²) in [5.41, 5.74) is 8.34. The molecule has 2 rings (SSSR count). The summed E-state index contributed by atoms with van der Waals surface area (Å²) in [7, 11) is 0. The fraction of sp³-hybridized carbons (Fsp3) is 0.353. The van der Waals surface area contributed by atoms with E-state index in [4.69, 9.17) is 22.1 Å². The zero-order chi connectivity index (χ0) is 15.1. The van der Waals surface area contributed by atoms with Crippen LogP contribution in [0.5, 0.6) is 5.75 Å². The normalized spacial score (nSPS) is 12.1. The van der Waals surface area contributed by atoms with Crippen molar-refractivity contribution < 1.29 is 4.74 Å². The van der Waals surface area contributed by atoms with Gasteiger partial charge in [-0.2, -0.15) is 0 Å². The molecule has 4 heteroatoms. The summed E-state index contributed by atoms with van der Waals surface area (Å²) in [6.07, 6.45) is 6.28. The van der Waals surface area contributed by atoms with Gasteiger partial charge in [-0.1, -0.05) is 37.1 Å². The maximum Gasteiger partial charge on any atom is 0.119 e.